The smallest absolute Gasteiger partial charge is 0.298 e. The molecule has 0 spiro atoms. The van der Waals surface area contributed by atoms with Crippen LogP contribution >= 0.6 is 35.0 Å². The van der Waals surface area contributed by atoms with Crippen LogP contribution in [0.25, 0.3) is 6.08 Å². The first-order valence-corrected chi connectivity index (χ1v) is 11.8. The minimum absolute atomic E-state index is 0.0391. The molecule has 3 aromatic carbocycles. The van der Waals surface area contributed by atoms with E-state index in [2.05, 4.69) is 0 Å². The maximum atomic E-state index is 14.0. The van der Waals surface area contributed by atoms with E-state index in [4.69, 9.17) is 32.7 Å². The number of halogens is 3. The molecule has 0 aliphatic carbocycles. The van der Waals surface area contributed by atoms with Gasteiger partial charge in [0.1, 0.15) is 12.4 Å². The molecule has 5 nitrogen and oxygen atoms in total. The number of anilines is 1. The highest BCUT2D eigenvalue weighted by atomic mass is 35.5. The Morgan fingerprint density at radius 3 is 2.47 bits per heavy atom. The Hall–Kier alpha value is -3.00. The van der Waals surface area contributed by atoms with Crippen molar-refractivity contribution >= 4 is 57.9 Å². The molecule has 0 radical (unpaired) electrons. The van der Waals surface area contributed by atoms with Crippen LogP contribution in [-0.2, 0) is 11.4 Å². The van der Waals surface area contributed by atoms with Crippen LogP contribution < -0.4 is 14.4 Å². The van der Waals surface area contributed by atoms with Gasteiger partial charge in [-0.1, -0.05) is 53.5 Å². The number of nitrogens with zero attached hydrogens (tertiary/aromatic N) is 1. The number of amides is 2. The van der Waals surface area contributed by atoms with Crippen LogP contribution in [0, 0.1) is 5.82 Å². The van der Waals surface area contributed by atoms with Gasteiger partial charge in [0.25, 0.3) is 11.1 Å². The second-order valence-electron chi connectivity index (χ2n) is 7.11. The summed E-state index contributed by atoms with van der Waals surface area (Å²) >= 11 is 13.4. The van der Waals surface area contributed by atoms with E-state index in [1.54, 1.807) is 67.6 Å². The van der Waals surface area contributed by atoms with E-state index < -0.39 is 11.1 Å². The molecule has 1 fully saturated rings. The van der Waals surface area contributed by atoms with Crippen LogP contribution in [0.1, 0.15) is 18.1 Å². The molecule has 1 heterocycles. The van der Waals surface area contributed by atoms with Gasteiger partial charge in [0, 0.05) is 5.56 Å². The van der Waals surface area contributed by atoms with Crippen molar-refractivity contribution in [2.24, 2.45) is 0 Å². The summed E-state index contributed by atoms with van der Waals surface area (Å²) in [6.45, 7) is 2.09. The second-order valence-corrected chi connectivity index (χ2v) is 8.92. The molecule has 0 N–H and O–H groups in total. The van der Waals surface area contributed by atoms with Gasteiger partial charge in [0.05, 0.1) is 27.2 Å². The number of hydrogen-bond acceptors (Lipinski definition) is 5. The van der Waals surface area contributed by atoms with Gasteiger partial charge in [0.15, 0.2) is 11.5 Å². The van der Waals surface area contributed by atoms with Crippen molar-refractivity contribution in [2.75, 3.05) is 11.5 Å². The standard InChI is InChI=1S/C25H18Cl2FNO4S/c1-2-32-21-12-15(11-18(27)23(21)33-14-16-7-3-5-9-19(16)28)13-22-24(30)29(25(31)34-22)20-10-6-4-8-17(20)26/h3-13H,2,14H2,1H3/b22-13-. The van der Waals surface area contributed by atoms with Gasteiger partial charge < -0.3 is 9.47 Å². The fraction of sp³-hybridized carbons (Fsp3) is 0.120. The fourth-order valence-electron chi connectivity index (χ4n) is 3.30. The highest BCUT2D eigenvalue weighted by molar-refractivity contribution is 8.19. The molecule has 0 unspecified atom stereocenters. The van der Waals surface area contributed by atoms with Crippen LogP contribution in [0.15, 0.2) is 65.6 Å². The number of hydrogen-bond donors (Lipinski definition) is 0. The van der Waals surface area contributed by atoms with Crippen molar-refractivity contribution in [1.29, 1.82) is 0 Å². The Labute approximate surface area is 210 Å². The number of rotatable bonds is 7. The number of para-hydroxylation sites is 1. The number of benzene rings is 3. The first kappa shape index (κ1) is 24.1. The molecule has 1 aliphatic heterocycles. The molecular formula is C25H18Cl2FNO4S. The molecule has 0 saturated carbocycles. The third-order valence-electron chi connectivity index (χ3n) is 4.85. The summed E-state index contributed by atoms with van der Waals surface area (Å²) in [5.74, 6) is -0.282. The zero-order valence-electron chi connectivity index (χ0n) is 17.9. The molecule has 2 amide bonds. The number of carbonyl (C=O) groups is 2. The maximum Gasteiger partial charge on any atom is 0.298 e. The van der Waals surface area contributed by atoms with E-state index in [0.29, 0.717) is 34.2 Å². The molecule has 4 rings (SSSR count). The summed E-state index contributed by atoms with van der Waals surface area (Å²) in [6, 6.07) is 16.1. The van der Waals surface area contributed by atoms with E-state index in [9.17, 15) is 14.0 Å². The van der Waals surface area contributed by atoms with Crippen molar-refractivity contribution in [2.45, 2.75) is 13.5 Å². The summed E-state index contributed by atoms with van der Waals surface area (Å²) in [5.41, 5.74) is 1.23. The van der Waals surface area contributed by atoms with E-state index in [0.717, 1.165) is 16.7 Å². The molecule has 3 aromatic rings. The lowest BCUT2D eigenvalue weighted by molar-refractivity contribution is -0.113. The Bertz CT molecular complexity index is 1300. The molecule has 1 aliphatic rings. The maximum absolute atomic E-state index is 14.0. The predicted molar refractivity (Wildman–Crippen MR) is 133 cm³/mol. The normalized spacial score (nSPS) is 14.7. The number of imide groups is 1. The van der Waals surface area contributed by atoms with Crippen molar-refractivity contribution in [3.05, 3.63) is 92.6 Å². The summed E-state index contributed by atoms with van der Waals surface area (Å²) < 4.78 is 25.4. The van der Waals surface area contributed by atoms with Gasteiger partial charge in [0.2, 0.25) is 0 Å². The van der Waals surface area contributed by atoms with Crippen molar-refractivity contribution in [1.82, 2.24) is 0 Å². The van der Waals surface area contributed by atoms with E-state index in [-0.39, 0.29) is 28.1 Å². The van der Waals surface area contributed by atoms with Gasteiger partial charge in [-0.25, -0.2) is 9.29 Å². The molecule has 34 heavy (non-hydrogen) atoms. The minimum Gasteiger partial charge on any atom is -0.490 e. The van der Waals surface area contributed by atoms with E-state index in [1.807, 2.05) is 0 Å². The van der Waals surface area contributed by atoms with Crippen LogP contribution in [0.4, 0.5) is 14.9 Å². The number of carbonyl (C=O) groups excluding carboxylic acids is 2. The monoisotopic (exact) mass is 517 g/mol. The lowest BCUT2D eigenvalue weighted by Crippen LogP contribution is -2.27. The van der Waals surface area contributed by atoms with Crippen LogP contribution in [0.2, 0.25) is 10.0 Å². The van der Waals surface area contributed by atoms with Crippen LogP contribution in [0.3, 0.4) is 0 Å². The van der Waals surface area contributed by atoms with Gasteiger partial charge in [-0.2, -0.15) is 0 Å². The predicted octanol–water partition coefficient (Wildman–Crippen LogP) is 7.35. The highest BCUT2D eigenvalue weighted by Gasteiger charge is 2.37. The van der Waals surface area contributed by atoms with Crippen molar-refractivity contribution < 1.29 is 23.5 Å². The molecule has 0 aromatic heterocycles. The zero-order chi connectivity index (χ0) is 24.2. The Balaban J connectivity index is 1.62. The lowest BCUT2D eigenvalue weighted by atomic mass is 10.1. The number of ether oxygens (including phenoxy) is 2. The minimum atomic E-state index is -0.489. The summed E-state index contributed by atoms with van der Waals surface area (Å²) in [6.07, 6.45) is 1.55. The summed E-state index contributed by atoms with van der Waals surface area (Å²) in [5, 5.41) is 0.0632. The first-order valence-electron chi connectivity index (χ1n) is 10.2. The van der Waals surface area contributed by atoms with E-state index >= 15 is 0 Å². The Morgan fingerprint density at radius 2 is 1.74 bits per heavy atom. The second kappa shape index (κ2) is 10.5. The lowest BCUT2D eigenvalue weighted by Gasteiger charge is -2.15. The molecule has 0 atom stereocenters. The Kier molecular flexibility index (Phi) is 7.46. The van der Waals surface area contributed by atoms with Gasteiger partial charge in [-0.15, -0.1) is 0 Å². The third-order valence-corrected chi connectivity index (χ3v) is 6.32. The van der Waals surface area contributed by atoms with Gasteiger partial charge >= 0.3 is 0 Å². The highest BCUT2D eigenvalue weighted by Crippen LogP contribution is 2.41. The fourth-order valence-corrected chi connectivity index (χ4v) is 4.63. The largest absolute Gasteiger partial charge is 0.490 e. The summed E-state index contributed by atoms with van der Waals surface area (Å²) in [4.78, 5) is 26.8. The zero-order valence-corrected chi connectivity index (χ0v) is 20.2. The third kappa shape index (κ3) is 5.06. The van der Waals surface area contributed by atoms with Gasteiger partial charge in [-0.3, -0.25) is 9.59 Å². The topological polar surface area (TPSA) is 55.8 Å². The average molecular weight is 518 g/mol. The SMILES string of the molecule is CCOc1cc(/C=C2\SC(=O)N(c3ccccc3Cl)C2=O)cc(Cl)c1OCc1ccccc1F. The quantitative estimate of drug-likeness (QED) is 0.306. The van der Waals surface area contributed by atoms with Gasteiger partial charge in [-0.05, 0) is 60.7 Å². The molecule has 9 heteroatoms. The van der Waals surface area contributed by atoms with Crippen molar-refractivity contribution in [3.63, 3.8) is 0 Å². The summed E-state index contributed by atoms with van der Waals surface area (Å²) in [7, 11) is 0. The number of thioether (sulfide) groups is 1. The van der Waals surface area contributed by atoms with Crippen LogP contribution in [-0.4, -0.2) is 17.8 Å². The molecule has 0 bridgehead atoms. The molecular weight excluding hydrogens is 500 g/mol. The Morgan fingerprint density at radius 1 is 1.00 bits per heavy atom. The molecule has 1 saturated heterocycles. The van der Waals surface area contributed by atoms with E-state index in [1.165, 1.54) is 6.07 Å². The molecule has 174 valence electrons. The van der Waals surface area contributed by atoms with Crippen LogP contribution in [0.5, 0.6) is 11.5 Å². The average Bonchev–Trinajstić information content (AvgIpc) is 3.07. The van der Waals surface area contributed by atoms with Crippen molar-refractivity contribution in [3.8, 4) is 11.5 Å². The first-order chi connectivity index (χ1) is 16.4.